The van der Waals surface area contributed by atoms with Crippen molar-refractivity contribution in [3.8, 4) is 0 Å². The van der Waals surface area contributed by atoms with Gasteiger partial charge in [0.15, 0.2) is 11.6 Å². The quantitative estimate of drug-likeness (QED) is 0.171. The standard InChI is InChI=1S/C31H33NO2.C7H6O/c33-30(24-15-7-2-8-16-24)27-21-32(26-19-11-4-12-20-26)22-28(29(27)23-13-5-1-6-14-23)31(34)25-17-9-3-10-18-25;8-6-7-4-2-1-3-5-7/h1-3,5-10,13-18,26-29H,4,11-12,19-22H2;1-6H. The van der Waals surface area contributed by atoms with Gasteiger partial charge in [0.1, 0.15) is 6.29 Å². The summed E-state index contributed by atoms with van der Waals surface area (Å²) in [5.41, 5.74) is 3.30. The molecule has 1 saturated carbocycles. The lowest BCUT2D eigenvalue weighted by atomic mass is 9.68. The Labute approximate surface area is 249 Å². The van der Waals surface area contributed by atoms with Crippen LogP contribution in [0.4, 0.5) is 0 Å². The molecule has 1 aliphatic heterocycles. The lowest BCUT2D eigenvalue weighted by Crippen LogP contribution is -2.54. The lowest BCUT2D eigenvalue weighted by Gasteiger charge is -2.47. The summed E-state index contributed by atoms with van der Waals surface area (Å²) in [6.45, 7) is 1.44. The molecule has 1 heterocycles. The molecular formula is C38H39NO3. The highest BCUT2D eigenvalue weighted by molar-refractivity contribution is 6.02. The van der Waals surface area contributed by atoms with Gasteiger partial charge in [0.05, 0.1) is 0 Å². The largest absolute Gasteiger partial charge is 0.299 e. The number of benzene rings is 4. The van der Waals surface area contributed by atoms with Crippen molar-refractivity contribution in [2.45, 2.75) is 44.1 Å². The van der Waals surface area contributed by atoms with Gasteiger partial charge in [-0.1, -0.05) is 141 Å². The van der Waals surface area contributed by atoms with E-state index >= 15 is 0 Å². The minimum atomic E-state index is -0.252. The van der Waals surface area contributed by atoms with Crippen molar-refractivity contribution in [1.82, 2.24) is 4.90 Å². The molecular weight excluding hydrogens is 518 g/mol. The average Bonchev–Trinajstić information content (AvgIpc) is 3.09. The van der Waals surface area contributed by atoms with E-state index in [-0.39, 0.29) is 29.3 Å². The second-order valence-corrected chi connectivity index (χ2v) is 11.4. The Balaban J connectivity index is 0.000000382. The predicted octanol–water partition coefficient (Wildman–Crippen LogP) is 7.92. The first-order chi connectivity index (χ1) is 20.7. The molecule has 0 spiro atoms. The van der Waals surface area contributed by atoms with Gasteiger partial charge in [-0.2, -0.15) is 0 Å². The normalized spacial score (nSPS) is 21.0. The number of aldehydes is 1. The van der Waals surface area contributed by atoms with Crippen molar-refractivity contribution < 1.29 is 14.4 Å². The maximum atomic E-state index is 14.0. The molecule has 0 radical (unpaired) electrons. The third kappa shape index (κ3) is 7.18. The van der Waals surface area contributed by atoms with Gasteiger partial charge in [-0.15, -0.1) is 0 Å². The lowest BCUT2D eigenvalue weighted by molar-refractivity contribution is 0.0386. The van der Waals surface area contributed by atoms with Crippen LogP contribution >= 0.6 is 0 Å². The Morgan fingerprint density at radius 2 is 1.00 bits per heavy atom. The molecule has 0 bridgehead atoms. The smallest absolute Gasteiger partial charge is 0.167 e. The van der Waals surface area contributed by atoms with Crippen LogP contribution in [0.3, 0.4) is 0 Å². The highest BCUT2D eigenvalue weighted by Gasteiger charge is 2.46. The maximum Gasteiger partial charge on any atom is 0.167 e. The summed E-state index contributed by atoms with van der Waals surface area (Å²) in [4.78, 5) is 40.4. The summed E-state index contributed by atoms with van der Waals surface area (Å²) in [5, 5.41) is 0. The zero-order valence-electron chi connectivity index (χ0n) is 24.1. The molecule has 4 aromatic carbocycles. The van der Waals surface area contributed by atoms with Crippen LogP contribution in [-0.4, -0.2) is 41.9 Å². The van der Waals surface area contributed by atoms with Crippen LogP contribution < -0.4 is 0 Å². The molecule has 1 aliphatic carbocycles. The summed E-state index contributed by atoms with van der Waals surface area (Å²) in [5.74, 6) is -0.334. The van der Waals surface area contributed by atoms with Crippen molar-refractivity contribution in [3.05, 3.63) is 144 Å². The molecule has 0 N–H and O–H groups in total. The first-order valence-electron chi connectivity index (χ1n) is 15.1. The fraction of sp³-hybridized carbons (Fsp3) is 0.289. The van der Waals surface area contributed by atoms with Gasteiger partial charge >= 0.3 is 0 Å². The van der Waals surface area contributed by atoms with Crippen LogP contribution in [0.15, 0.2) is 121 Å². The van der Waals surface area contributed by atoms with E-state index in [1.807, 2.05) is 97.1 Å². The van der Waals surface area contributed by atoms with Crippen molar-refractivity contribution in [3.63, 3.8) is 0 Å². The van der Waals surface area contributed by atoms with Crippen LogP contribution in [0.1, 0.15) is 74.7 Å². The summed E-state index contributed by atoms with van der Waals surface area (Å²) >= 11 is 0. The predicted molar refractivity (Wildman–Crippen MR) is 168 cm³/mol. The average molecular weight is 558 g/mol. The van der Waals surface area contributed by atoms with E-state index in [9.17, 15) is 14.4 Å². The number of ketones is 2. The third-order valence-corrected chi connectivity index (χ3v) is 8.73. The molecule has 214 valence electrons. The molecule has 4 heteroatoms. The SMILES string of the molecule is O=C(c1ccccc1)C1CN(C2CCCCC2)CC(C(=O)c2ccccc2)C1c1ccccc1.O=Cc1ccccc1. The summed E-state index contributed by atoms with van der Waals surface area (Å²) in [6, 6.07) is 39.1. The van der Waals surface area contributed by atoms with Gasteiger partial charge in [0.2, 0.25) is 0 Å². The second kappa shape index (κ2) is 14.7. The molecule has 4 nitrogen and oxygen atoms in total. The zero-order valence-corrected chi connectivity index (χ0v) is 24.1. The Bertz CT molecular complexity index is 1360. The number of hydrogen-bond acceptors (Lipinski definition) is 4. The monoisotopic (exact) mass is 557 g/mol. The molecule has 42 heavy (non-hydrogen) atoms. The summed E-state index contributed by atoms with van der Waals surface area (Å²) < 4.78 is 0. The fourth-order valence-electron chi connectivity index (χ4n) is 6.63. The topological polar surface area (TPSA) is 54.5 Å². The summed E-state index contributed by atoms with van der Waals surface area (Å²) in [7, 11) is 0. The van der Waals surface area contributed by atoms with E-state index in [1.165, 1.54) is 19.3 Å². The highest BCUT2D eigenvalue weighted by atomic mass is 16.1. The molecule has 6 rings (SSSR count). The van der Waals surface area contributed by atoms with E-state index in [4.69, 9.17) is 0 Å². The van der Waals surface area contributed by atoms with E-state index in [1.54, 1.807) is 12.1 Å². The second-order valence-electron chi connectivity index (χ2n) is 11.4. The fourth-order valence-corrected chi connectivity index (χ4v) is 6.63. The molecule has 2 fully saturated rings. The molecule has 1 saturated heterocycles. The zero-order chi connectivity index (χ0) is 29.1. The van der Waals surface area contributed by atoms with Crippen LogP contribution in [0.5, 0.6) is 0 Å². The van der Waals surface area contributed by atoms with Crippen LogP contribution in [0, 0.1) is 11.8 Å². The molecule has 2 atom stereocenters. The van der Waals surface area contributed by atoms with Crippen molar-refractivity contribution >= 4 is 17.9 Å². The Morgan fingerprint density at radius 1 is 0.571 bits per heavy atom. The minimum absolute atomic E-state index is 0.138. The van der Waals surface area contributed by atoms with Crippen LogP contribution in [0.2, 0.25) is 0 Å². The number of Topliss-reactive ketones (excluding diaryl/α,β-unsaturated/α-hetero) is 2. The molecule has 2 aliphatic rings. The molecule has 4 aromatic rings. The number of nitrogens with zero attached hydrogens (tertiary/aromatic N) is 1. The van der Waals surface area contributed by atoms with Crippen molar-refractivity contribution in [2.75, 3.05) is 13.1 Å². The minimum Gasteiger partial charge on any atom is -0.299 e. The van der Waals surface area contributed by atoms with Gasteiger partial charge in [0.25, 0.3) is 0 Å². The number of piperidine rings is 1. The van der Waals surface area contributed by atoms with Gasteiger partial charge in [0, 0.05) is 53.6 Å². The van der Waals surface area contributed by atoms with Crippen molar-refractivity contribution in [1.29, 1.82) is 0 Å². The van der Waals surface area contributed by atoms with Crippen LogP contribution in [0.25, 0.3) is 0 Å². The van der Waals surface area contributed by atoms with Gasteiger partial charge < -0.3 is 0 Å². The molecule has 0 aromatic heterocycles. The Kier molecular flexibility index (Phi) is 10.2. The van der Waals surface area contributed by atoms with E-state index < -0.39 is 0 Å². The Morgan fingerprint density at radius 3 is 1.43 bits per heavy atom. The number of carbonyl (C=O) groups is 3. The van der Waals surface area contributed by atoms with Gasteiger partial charge in [-0.05, 0) is 18.4 Å². The van der Waals surface area contributed by atoms with Gasteiger partial charge in [-0.3, -0.25) is 19.3 Å². The Hall–Kier alpha value is -4.15. The maximum absolute atomic E-state index is 14.0. The first-order valence-corrected chi connectivity index (χ1v) is 15.1. The highest BCUT2D eigenvalue weighted by Crippen LogP contribution is 2.42. The van der Waals surface area contributed by atoms with E-state index in [0.717, 1.165) is 54.5 Å². The number of hydrogen-bond donors (Lipinski definition) is 0. The molecule has 0 amide bonds. The number of carbonyl (C=O) groups excluding carboxylic acids is 3. The van der Waals surface area contributed by atoms with Crippen LogP contribution in [-0.2, 0) is 0 Å². The number of rotatable bonds is 7. The van der Waals surface area contributed by atoms with Gasteiger partial charge in [-0.25, -0.2) is 0 Å². The van der Waals surface area contributed by atoms with Crippen molar-refractivity contribution in [2.24, 2.45) is 11.8 Å². The third-order valence-electron chi connectivity index (χ3n) is 8.73. The first kappa shape index (κ1) is 29.3. The summed E-state index contributed by atoms with van der Waals surface area (Å²) in [6.07, 6.45) is 6.91. The van der Waals surface area contributed by atoms with E-state index in [0.29, 0.717) is 6.04 Å². The number of likely N-dealkylation sites (tertiary alicyclic amines) is 1. The van der Waals surface area contributed by atoms with E-state index in [2.05, 4.69) is 17.0 Å². The molecule has 2 unspecified atom stereocenters.